The van der Waals surface area contributed by atoms with Crippen LogP contribution < -0.4 is 5.32 Å². The number of aliphatic imine (C=N–C) groups is 1. The van der Waals surface area contributed by atoms with Crippen molar-refractivity contribution in [1.29, 1.82) is 0 Å². The van der Waals surface area contributed by atoms with Crippen molar-refractivity contribution < 1.29 is 14.2 Å². The summed E-state index contributed by atoms with van der Waals surface area (Å²) in [7, 11) is 1.88. The Morgan fingerprint density at radius 2 is 2.12 bits per heavy atom. The number of nitrogens with zero attached hydrogens (tertiary/aromatic N) is 2. The van der Waals surface area contributed by atoms with Gasteiger partial charge in [0, 0.05) is 65.1 Å². The Kier molecular flexibility index (Phi) is 6.75. The molecule has 0 aromatic rings. The number of hydrogen-bond donors (Lipinski definition) is 1. The third kappa shape index (κ3) is 4.83. The highest BCUT2D eigenvalue weighted by molar-refractivity contribution is 5.80. The van der Waals surface area contributed by atoms with Gasteiger partial charge in [0.2, 0.25) is 0 Å². The normalized spacial score (nSPS) is 28.9. The van der Waals surface area contributed by atoms with E-state index in [0.717, 1.165) is 84.5 Å². The van der Waals surface area contributed by atoms with Gasteiger partial charge in [0.15, 0.2) is 5.96 Å². The largest absolute Gasteiger partial charge is 0.381 e. The summed E-state index contributed by atoms with van der Waals surface area (Å²) in [6.45, 7) is 8.41. The molecular weight excluding hydrogens is 306 g/mol. The van der Waals surface area contributed by atoms with Crippen LogP contribution in [-0.4, -0.2) is 77.2 Å². The van der Waals surface area contributed by atoms with Gasteiger partial charge in [-0.3, -0.25) is 4.99 Å². The molecule has 1 spiro atoms. The molecule has 0 amide bonds. The summed E-state index contributed by atoms with van der Waals surface area (Å²) in [5.74, 6) is 1.72. The minimum atomic E-state index is 0.379. The van der Waals surface area contributed by atoms with Gasteiger partial charge in [-0.2, -0.15) is 0 Å². The SMILES string of the molecule is CN=C(NCCCOCC1CCOCC1)N1CCC2(CCOC2)C1. The van der Waals surface area contributed by atoms with Gasteiger partial charge in [-0.25, -0.2) is 0 Å². The van der Waals surface area contributed by atoms with E-state index < -0.39 is 0 Å². The summed E-state index contributed by atoms with van der Waals surface area (Å²) in [6, 6.07) is 0. The van der Waals surface area contributed by atoms with Gasteiger partial charge in [-0.05, 0) is 38.0 Å². The average molecular weight is 339 g/mol. The van der Waals surface area contributed by atoms with E-state index >= 15 is 0 Å². The van der Waals surface area contributed by atoms with Crippen LogP contribution in [0.4, 0.5) is 0 Å². The number of nitrogens with one attached hydrogen (secondary N) is 1. The van der Waals surface area contributed by atoms with Crippen molar-refractivity contribution in [3.8, 4) is 0 Å². The molecule has 3 saturated heterocycles. The van der Waals surface area contributed by atoms with Crippen molar-refractivity contribution in [2.75, 3.05) is 66.3 Å². The van der Waals surface area contributed by atoms with Gasteiger partial charge in [0.1, 0.15) is 0 Å². The standard InChI is InChI=1S/C18H33N3O3/c1-19-17(21-8-5-18(14-21)6-12-24-15-18)20-7-2-9-23-13-16-3-10-22-11-4-16/h16H,2-15H2,1H3,(H,19,20). The van der Waals surface area contributed by atoms with Crippen molar-refractivity contribution in [2.45, 2.75) is 32.1 Å². The molecule has 6 nitrogen and oxygen atoms in total. The first-order valence-corrected chi connectivity index (χ1v) is 9.50. The highest BCUT2D eigenvalue weighted by atomic mass is 16.5. The topological polar surface area (TPSA) is 55.3 Å². The number of hydrogen-bond acceptors (Lipinski definition) is 4. The van der Waals surface area contributed by atoms with Gasteiger partial charge in [0.05, 0.1) is 6.61 Å². The molecule has 3 heterocycles. The summed E-state index contributed by atoms with van der Waals surface area (Å²) in [5.41, 5.74) is 0.379. The van der Waals surface area contributed by atoms with Crippen LogP contribution in [-0.2, 0) is 14.2 Å². The Morgan fingerprint density at radius 3 is 2.88 bits per heavy atom. The van der Waals surface area contributed by atoms with Crippen LogP contribution in [0, 0.1) is 11.3 Å². The van der Waals surface area contributed by atoms with E-state index in [0.29, 0.717) is 11.3 Å². The maximum Gasteiger partial charge on any atom is 0.193 e. The molecule has 6 heteroatoms. The van der Waals surface area contributed by atoms with Crippen LogP contribution in [0.15, 0.2) is 4.99 Å². The van der Waals surface area contributed by atoms with Crippen molar-refractivity contribution in [2.24, 2.45) is 16.3 Å². The second kappa shape index (κ2) is 9.02. The van der Waals surface area contributed by atoms with Crippen LogP contribution in [0.3, 0.4) is 0 Å². The van der Waals surface area contributed by atoms with E-state index in [9.17, 15) is 0 Å². The van der Waals surface area contributed by atoms with Crippen LogP contribution in [0.5, 0.6) is 0 Å². The smallest absolute Gasteiger partial charge is 0.193 e. The van der Waals surface area contributed by atoms with Crippen molar-refractivity contribution in [1.82, 2.24) is 10.2 Å². The molecule has 1 unspecified atom stereocenters. The molecule has 1 N–H and O–H groups in total. The maximum absolute atomic E-state index is 5.82. The summed E-state index contributed by atoms with van der Waals surface area (Å²) in [5, 5.41) is 3.49. The first-order valence-electron chi connectivity index (χ1n) is 9.50. The molecule has 0 aliphatic carbocycles. The zero-order valence-corrected chi connectivity index (χ0v) is 15.1. The first kappa shape index (κ1) is 18.0. The van der Waals surface area contributed by atoms with Crippen molar-refractivity contribution >= 4 is 5.96 Å². The Balaban J connectivity index is 1.28. The molecule has 3 fully saturated rings. The fourth-order valence-corrected chi connectivity index (χ4v) is 3.96. The lowest BCUT2D eigenvalue weighted by atomic mass is 9.87. The monoisotopic (exact) mass is 339 g/mol. The molecule has 1 atom stereocenters. The molecule has 0 radical (unpaired) electrons. The number of rotatable bonds is 6. The molecule has 3 aliphatic rings. The molecule has 0 bridgehead atoms. The fourth-order valence-electron chi connectivity index (χ4n) is 3.96. The lowest BCUT2D eigenvalue weighted by Gasteiger charge is -2.25. The van der Waals surface area contributed by atoms with Crippen LogP contribution in [0.2, 0.25) is 0 Å². The highest BCUT2D eigenvalue weighted by Crippen LogP contribution is 2.38. The van der Waals surface area contributed by atoms with Gasteiger partial charge < -0.3 is 24.4 Å². The zero-order chi connectivity index (χ0) is 16.7. The van der Waals surface area contributed by atoms with Crippen molar-refractivity contribution in [3.63, 3.8) is 0 Å². The van der Waals surface area contributed by atoms with Crippen LogP contribution >= 0.6 is 0 Å². The lowest BCUT2D eigenvalue weighted by molar-refractivity contribution is 0.0203. The van der Waals surface area contributed by atoms with E-state index in [1.165, 1.54) is 12.8 Å². The summed E-state index contributed by atoms with van der Waals surface area (Å²) < 4.78 is 16.8. The Hall–Kier alpha value is -0.850. The van der Waals surface area contributed by atoms with E-state index in [1.807, 2.05) is 7.05 Å². The second-order valence-electron chi connectivity index (χ2n) is 7.43. The van der Waals surface area contributed by atoms with Crippen LogP contribution in [0.1, 0.15) is 32.1 Å². The van der Waals surface area contributed by atoms with Crippen molar-refractivity contribution in [3.05, 3.63) is 0 Å². The molecule has 138 valence electrons. The molecule has 0 aromatic heterocycles. The quantitative estimate of drug-likeness (QED) is 0.452. The minimum absolute atomic E-state index is 0.379. The Morgan fingerprint density at radius 1 is 1.25 bits per heavy atom. The number of likely N-dealkylation sites (tertiary alicyclic amines) is 1. The van der Waals surface area contributed by atoms with Crippen LogP contribution in [0.25, 0.3) is 0 Å². The molecule has 3 rings (SSSR count). The highest BCUT2D eigenvalue weighted by Gasteiger charge is 2.42. The molecular formula is C18H33N3O3. The van der Waals surface area contributed by atoms with Gasteiger partial charge in [0.25, 0.3) is 0 Å². The predicted octanol–water partition coefficient (Wildman–Crippen LogP) is 1.51. The second-order valence-corrected chi connectivity index (χ2v) is 7.43. The molecule has 0 aromatic carbocycles. The molecule has 3 aliphatic heterocycles. The van der Waals surface area contributed by atoms with E-state index in [-0.39, 0.29) is 0 Å². The van der Waals surface area contributed by atoms with Gasteiger partial charge in [-0.15, -0.1) is 0 Å². The Bertz CT molecular complexity index is 404. The van der Waals surface area contributed by atoms with E-state index in [4.69, 9.17) is 14.2 Å². The van der Waals surface area contributed by atoms with Gasteiger partial charge >= 0.3 is 0 Å². The maximum atomic E-state index is 5.82. The molecule has 0 saturated carbocycles. The average Bonchev–Trinajstić information content (AvgIpc) is 3.25. The zero-order valence-electron chi connectivity index (χ0n) is 15.1. The lowest BCUT2D eigenvalue weighted by Crippen LogP contribution is -2.42. The van der Waals surface area contributed by atoms with E-state index in [2.05, 4.69) is 15.2 Å². The number of guanidine groups is 1. The minimum Gasteiger partial charge on any atom is -0.381 e. The summed E-state index contributed by atoms with van der Waals surface area (Å²) >= 11 is 0. The fraction of sp³-hybridized carbons (Fsp3) is 0.944. The first-order chi connectivity index (χ1) is 11.8. The Labute approximate surface area is 145 Å². The third-order valence-corrected chi connectivity index (χ3v) is 5.58. The predicted molar refractivity (Wildman–Crippen MR) is 94.4 cm³/mol. The summed E-state index contributed by atoms with van der Waals surface area (Å²) in [4.78, 5) is 6.84. The van der Waals surface area contributed by atoms with Gasteiger partial charge in [-0.1, -0.05) is 0 Å². The van der Waals surface area contributed by atoms with E-state index in [1.54, 1.807) is 0 Å². The summed E-state index contributed by atoms with van der Waals surface area (Å²) in [6.07, 6.45) is 5.73. The number of ether oxygens (including phenoxy) is 3. The third-order valence-electron chi connectivity index (χ3n) is 5.58. The molecule has 24 heavy (non-hydrogen) atoms.